The third-order valence-electron chi connectivity index (χ3n) is 1.82. The van der Waals surface area contributed by atoms with Gasteiger partial charge in [0.2, 0.25) is 0 Å². The molecule has 0 spiro atoms. The van der Waals surface area contributed by atoms with Gasteiger partial charge in [0.15, 0.2) is 5.12 Å². The number of carbonyl (C=O) groups is 2. The number of hydrogen-bond acceptors (Lipinski definition) is 3. The van der Waals surface area contributed by atoms with Crippen molar-refractivity contribution < 1.29 is 14.3 Å². The Morgan fingerprint density at radius 1 is 1.25 bits per heavy atom. The molecule has 0 aromatic heterocycles. The number of rotatable bonds is 5. The highest BCUT2D eigenvalue weighted by atomic mass is 32.1. The van der Waals surface area contributed by atoms with Gasteiger partial charge in [0.25, 0.3) is 0 Å². The molecule has 0 heterocycles. The zero-order valence-electron chi connectivity index (χ0n) is 8.68. The number of thiol groups is 1. The second kappa shape index (κ2) is 6.90. The Morgan fingerprint density at radius 3 is 2.56 bits per heavy atom. The van der Waals surface area contributed by atoms with E-state index in [0.717, 1.165) is 5.56 Å². The minimum atomic E-state index is -0.529. The summed E-state index contributed by atoms with van der Waals surface area (Å²) < 4.78 is 4.92. The van der Waals surface area contributed by atoms with E-state index in [1.807, 2.05) is 30.3 Å². The largest absolute Gasteiger partial charge is 0.445 e. The second-order valence-electron chi connectivity index (χ2n) is 3.13. The van der Waals surface area contributed by atoms with Crippen LogP contribution in [0.5, 0.6) is 0 Å². The van der Waals surface area contributed by atoms with Crippen LogP contribution in [0.15, 0.2) is 30.3 Å². The molecule has 1 amide bonds. The molecular formula is C11H13NO3S. The molecule has 0 bridgehead atoms. The van der Waals surface area contributed by atoms with E-state index in [1.165, 1.54) is 0 Å². The number of hydrogen-bond donors (Lipinski definition) is 2. The van der Waals surface area contributed by atoms with Crippen molar-refractivity contribution in [1.82, 2.24) is 5.32 Å². The van der Waals surface area contributed by atoms with Crippen molar-refractivity contribution in [3.63, 3.8) is 0 Å². The van der Waals surface area contributed by atoms with Crippen LogP contribution >= 0.6 is 12.6 Å². The predicted molar refractivity (Wildman–Crippen MR) is 63.2 cm³/mol. The summed E-state index contributed by atoms with van der Waals surface area (Å²) in [5.74, 6) is 0. The van der Waals surface area contributed by atoms with Crippen molar-refractivity contribution in [2.45, 2.75) is 13.0 Å². The summed E-state index contributed by atoms with van der Waals surface area (Å²) >= 11 is 3.58. The Morgan fingerprint density at radius 2 is 1.94 bits per heavy atom. The lowest BCUT2D eigenvalue weighted by Crippen LogP contribution is -2.26. The van der Waals surface area contributed by atoms with Gasteiger partial charge in [-0.25, -0.2) is 4.79 Å². The fourth-order valence-electron chi connectivity index (χ4n) is 1.05. The molecule has 5 heteroatoms. The van der Waals surface area contributed by atoms with Crippen LogP contribution in [0.25, 0.3) is 0 Å². The van der Waals surface area contributed by atoms with Crippen molar-refractivity contribution >= 4 is 23.8 Å². The smallest absolute Gasteiger partial charge is 0.407 e. The molecule has 0 unspecified atom stereocenters. The Labute approximate surface area is 99.4 Å². The number of ether oxygens (including phenoxy) is 1. The molecular weight excluding hydrogens is 226 g/mol. The summed E-state index contributed by atoms with van der Waals surface area (Å²) in [5.41, 5.74) is 0.919. The number of amides is 1. The summed E-state index contributed by atoms with van der Waals surface area (Å²) in [7, 11) is 0. The maximum atomic E-state index is 11.1. The quantitative estimate of drug-likeness (QED) is 0.770. The molecule has 0 aliphatic heterocycles. The van der Waals surface area contributed by atoms with Gasteiger partial charge in [-0.1, -0.05) is 30.3 Å². The second-order valence-corrected chi connectivity index (χ2v) is 3.63. The summed E-state index contributed by atoms with van der Waals surface area (Å²) in [6.45, 7) is 0.470. The van der Waals surface area contributed by atoms with E-state index < -0.39 is 6.09 Å². The van der Waals surface area contributed by atoms with Crippen LogP contribution in [0.4, 0.5) is 4.79 Å². The monoisotopic (exact) mass is 239 g/mol. The lowest BCUT2D eigenvalue weighted by Gasteiger charge is -2.05. The molecule has 0 radical (unpaired) electrons. The molecule has 86 valence electrons. The van der Waals surface area contributed by atoms with Gasteiger partial charge in [0, 0.05) is 13.0 Å². The maximum absolute atomic E-state index is 11.1. The first-order valence-corrected chi connectivity index (χ1v) is 5.29. The minimum absolute atomic E-state index is 0.198. The standard InChI is InChI=1S/C11H13NO3S/c13-10(16)6-7-12-11(14)15-8-9-4-2-1-3-5-9/h1-5H,6-8H2,(H,12,14)(H,13,16). The van der Waals surface area contributed by atoms with Crippen molar-refractivity contribution in [1.29, 1.82) is 0 Å². The highest BCUT2D eigenvalue weighted by Crippen LogP contribution is 2.00. The van der Waals surface area contributed by atoms with Crippen molar-refractivity contribution in [2.75, 3.05) is 6.54 Å². The van der Waals surface area contributed by atoms with Crippen LogP contribution in [0.3, 0.4) is 0 Å². The van der Waals surface area contributed by atoms with Gasteiger partial charge in [0.1, 0.15) is 6.61 Å². The van der Waals surface area contributed by atoms with Gasteiger partial charge in [0.05, 0.1) is 0 Å². The summed E-state index contributed by atoms with van der Waals surface area (Å²) in [4.78, 5) is 21.6. The van der Waals surface area contributed by atoms with E-state index in [0.29, 0.717) is 0 Å². The maximum Gasteiger partial charge on any atom is 0.407 e. The van der Waals surface area contributed by atoms with E-state index in [2.05, 4.69) is 17.9 Å². The van der Waals surface area contributed by atoms with Gasteiger partial charge in [-0.3, -0.25) is 4.79 Å². The van der Waals surface area contributed by atoms with Crippen molar-refractivity contribution in [2.24, 2.45) is 0 Å². The normalized spacial score (nSPS) is 9.56. The Kier molecular flexibility index (Phi) is 5.42. The number of alkyl carbamates (subject to hydrolysis) is 1. The van der Waals surface area contributed by atoms with Gasteiger partial charge >= 0.3 is 6.09 Å². The molecule has 1 N–H and O–H groups in total. The van der Waals surface area contributed by atoms with E-state index in [-0.39, 0.29) is 24.7 Å². The molecule has 16 heavy (non-hydrogen) atoms. The molecule has 0 atom stereocenters. The fraction of sp³-hybridized carbons (Fsp3) is 0.273. The molecule has 4 nitrogen and oxygen atoms in total. The van der Waals surface area contributed by atoms with E-state index in [9.17, 15) is 9.59 Å². The molecule has 0 fully saturated rings. The molecule has 1 aromatic rings. The number of carbonyl (C=O) groups excluding carboxylic acids is 2. The lowest BCUT2D eigenvalue weighted by atomic mass is 10.2. The van der Waals surface area contributed by atoms with Crippen LogP contribution < -0.4 is 5.32 Å². The Balaban J connectivity index is 2.18. The van der Waals surface area contributed by atoms with Gasteiger partial charge < -0.3 is 10.1 Å². The van der Waals surface area contributed by atoms with E-state index in [4.69, 9.17) is 4.74 Å². The fourth-order valence-corrected chi connectivity index (χ4v) is 1.16. The van der Waals surface area contributed by atoms with Gasteiger partial charge in [-0.2, -0.15) is 0 Å². The van der Waals surface area contributed by atoms with Crippen molar-refractivity contribution in [3.8, 4) is 0 Å². The molecule has 0 aliphatic rings. The predicted octanol–water partition coefficient (Wildman–Crippen LogP) is 1.76. The average Bonchev–Trinajstić information content (AvgIpc) is 2.27. The van der Waals surface area contributed by atoms with Gasteiger partial charge in [-0.15, -0.1) is 12.6 Å². The Hall–Kier alpha value is -1.49. The van der Waals surface area contributed by atoms with Crippen LogP contribution in [-0.4, -0.2) is 17.8 Å². The third-order valence-corrected chi connectivity index (χ3v) is 2.04. The van der Waals surface area contributed by atoms with E-state index in [1.54, 1.807) is 0 Å². The highest BCUT2D eigenvalue weighted by Gasteiger charge is 2.02. The summed E-state index contributed by atoms with van der Waals surface area (Å²) in [5, 5.41) is 2.19. The zero-order chi connectivity index (χ0) is 11.8. The first-order valence-electron chi connectivity index (χ1n) is 4.85. The summed E-state index contributed by atoms with van der Waals surface area (Å²) in [6.07, 6.45) is -0.331. The molecule has 1 rings (SSSR count). The number of nitrogens with one attached hydrogen (secondary N) is 1. The first-order chi connectivity index (χ1) is 7.68. The lowest BCUT2D eigenvalue weighted by molar-refractivity contribution is -0.110. The third kappa shape index (κ3) is 5.41. The van der Waals surface area contributed by atoms with E-state index >= 15 is 0 Å². The minimum Gasteiger partial charge on any atom is -0.445 e. The van der Waals surface area contributed by atoms with Crippen molar-refractivity contribution in [3.05, 3.63) is 35.9 Å². The van der Waals surface area contributed by atoms with Crippen LogP contribution in [0.1, 0.15) is 12.0 Å². The van der Waals surface area contributed by atoms with Crippen LogP contribution in [0, 0.1) is 0 Å². The Bertz CT molecular complexity index is 354. The average molecular weight is 239 g/mol. The SMILES string of the molecule is O=C(S)CCNC(=O)OCc1ccccc1. The highest BCUT2D eigenvalue weighted by molar-refractivity contribution is 7.96. The molecule has 1 aromatic carbocycles. The van der Waals surface area contributed by atoms with Crippen LogP contribution in [0.2, 0.25) is 0 Å². The zero-order valence-corrected chi connectivity index (χ0v) is 9.57. The molecule has 0 saturated heterocycles. The van der Waals surface area contributed by atoms with Gasteiger partial charge in [-0.05, 0) is 5.56 Å². The van der Waals surface area contributed by atoms with Crippen LogP contribution in [-0.2, 0) is 16.1 Å². The summed E-state index contributed by atoms with van der Waals surface area (Å²) in [6, 6.07) is 9.36. The molecule has 0 saturated carbocycles. The first kappa shape index (κ1) is 12.6. The topological polar surface area (TPSA) is 55.4 Å². The number of benzene rings is 1. The molecule has 0 aliphatic carbocycles.